The lowest BCUT2D eigenvalue weighted by atomic mass is 9.94. The highest BCUT2D eigenvalue weighted by Gasteiger charge is 2.43. The molecule has 0 aliphatic carbocycles. The van der Waals surface area contributed by atoms with Crippen molar-refractivity contribution in [2.45, 2.75) is 57.7 Å². The molecule has 2 aliphatic heterocycles. The minimum absolute atomic E-state index is 0.0802. The molecule has 2 rings (SSSR count). The number of hydrogen-bond acceptors (Lipinski definition) is 4. The molecule has 0 aromatic rings. The molecule has 3 amide bonds. The molecule has 0 aromatic carbocycles. The van der Waals surface area contributed by atoms with Gasteiger partial charge in [0.2, 0.25) is 11.8 Å². The number of carbonyl (C=O) groups is 3. The molecule has 2 aliphatic rings. The molecule has 3 atom stereocenters. The fraction of sp³-hybridized carbons (Fsp3) is 0.812. The van der Waals surface area contributed by atoms with Crippen LogP contribution in [0.2, 0.25) is 0 Å². The van der Waals surface area contributed by atoms with Gasteiger partial charge < -0.3 is 9.80 Å². The number of unbranched alkanes of at least 4 members (excludes halogenated alkanes) is 1. The molecule has 24 heavy (non-hydrogen) atoms. The summed E-state index contributed by atoms with van der Waals surface area (Å²) in [7, 11) is 0. The van der Waals surface area contributed by atoms with Gasteiger partial charge in [0.1, 0.15) is 6.04 Å². The highest BCUT2D eigenvalue weighted by Crippen LogP contribution is 2.27. The fourth-order valence-corrected chi connectivity index (χ4v) is 3.31. The second-order valence-electron chi connectivity index (χ2n) is 6.50. The number of hydroxylamine groups is 1. The van der Waals surface area contributed by atoms with E-state index in [1.807, 2.05) is 6.92 Å². The topological polar surface area (TPSA) is 90.0 Å². The van der Waals surface area contributed by atoms with E-state index in [2.05, 4.69) is 0 Å². The van der Waals surface area contributed by atoms with E-state index >= 15 is 0 Å². The van der Waals surface area contributed by atoms with Crippen molar-refractivity contribution in [1.82, 2.24) is 15.3 Å². The van der Waals surface area contributed by atoms with Crippen LogP contribution >= 0.6 is 0 Å². The minimum Gasteiger partial charge on any atom is -0.341 e. The molecule has 2 unspecified atom stereocenters. The average molecular weight is 343 g/mol. The van der Waals surface area contributed by atoms with Crippen LogP contribution in [-0.2, 0) is 14.4 Å². The van der Waals surface area contributed by atoms with Gasteiger partial charge in [-0.15, -0.1) is 0 Å². The van der Waals surface area contributed by atoms with E-state index in [0.29, 0.717) is 38.9 Å². The number of hydrogen-bond donors (Lipinski definition) is 2. The number of rotatable bonds is 7. The van der Waals surface area contributed by atoms with Gasteiger partial charge in [-0.1, -0.05) is 19.8 Å². The van der Waals surface area contributed by atoms with Crippen LogP contribution in [0.15, 0.2) is 0 Å². The SMILES string of the molecule is CCCCC(C(=O)N1CCC[C@H]1C(=O)N1CCC1)C(F)C(=O)NO. The quantitative estimate of drug-likeness (QED) is 0.530. The van der Waals surface area contributed by atoms with Crippen molar-refractivity contribution in [2.24, 2.45) is 5.92 Å². The molecule has 0 spiro atoms. The van der Waals surface area contributed by atoms with Crippen LogP contribution < -0.4 is 5.48 Å². The second-order valence-corrected chi connectivity index (χ2v) is 6.50. The maximum absolute atomic E-state index is 14.3. The zero-order valence-corrected chi connectivity index (χ0v) is 14.0. The van der Waals surface area contributed by atoms with Crippen molar-refractivity contribution < 1.29 is 24.0 Å². The molecule has 7 nitrogen and oxygen atoms in total. The lowest BCUT2D eigenvalue weighted by Crippen LogP contribution is -2.54. The van der Waals surface area contributed by atoms with Crippen LogP contribution in [-0.4, -0.2) is 64.6 Å². The third-order valence-electron chi connectivity index (χ3n) is 4.89. The largest absolute Gasteiger partial charge is 0.341 e. The Kier molecular flexibility index (Phi) is 6.53. The van der Waals surface area contributed by atoms with Crippen molar-refractivity contribution >= 4 is 17.7 Å². The summed E-state index contributed by atoms with van der Waals surface area (Å²) >= 11 is 0. The first-order valence-corrected chi connectivity index (χ1v) is 8.68. The molecule has 0 radical (unpaired) electrons. The zero-order chi connectivity index (χ0) is 17.7. The third-order valence-corrected chi connectivity index (χ3v) is 4.89. The van der Waals surface area contributed by atoms with E-state index in [4.69, 9.17) is 5.21 Å². The van der Waals surface area contributed by atoms with E-state index in [-0.39, 0.29) is 12.3 Å². The Morgan fingerprint density at radius 1 is 1.25 bits per heavy atom. The number of nitrogens with zero attached hydrogens (tertiary/aromatic N) is 2. The summed E-state index contributed by atoms with van der Waals surface area (Å²) in [6, 6.07) is -0.550. The van der Waals surface area contributed by atoms with E-state index in [0.717, 1.165) is 12.8 Å². The molecule has 0 aromatic heterocycles. The predicted octanol–water partition coefficient (Wildman–Crippen LogP) is 0.860. The van der Waals surface area contributed by atoms with Crippen molar-refractivity contribution in [1.29, 1.82) is 0 Å². The Hall–Kier alpha value is -1.70. The Balaban J connectivity index is 2.10. The summed E-state index contributed by atoms with van der Waals surface area (Å²) in [5, 5.41) is 8.65. The normalized spacial score (nSPS) is 22.7. The van der Waals surface area contributed by atoms with Crippen LogP contribution in [0, 0.1) is 5.92 Å². The molecule has 0 bridgehead atoms. The summed E-state index contributed by atoms with van der Waals surface area (Å²) in [4.78, 5) is 39.8. The number of halogens is 1. The van der Waals surface area contributed by atoms with Crippen LogP contribution in [0.5, 0.6) is 0 Å². The van der Waals surface area contributed by atoms with Crippen molar-refractivity contribution in [3.63, 3.8) is 0 Å². The summed E-state index contributed by atoms with van der Waals surface area (Å²) in [5.41, 5.74) is 1.28. The van der Waals surface area contributed by atoms with Gasteiger partial charge in [-0.2, -0.15) is 0 Å². The number of amides is 3. The molecule has 2 saturated heterocycles. The maximum atomic E-state index is 14.3. The number of carbonyl (C=O) groups excluding carboxylic acids is 3. The Morgan fingerprint density at radius 2 is 1.96 bits per heavy atom. The van der Waals surface area contributed by atoms with Gasteiger partial charge in [-0.25, -0.2) is 9.87 Å². The molecule has 2 heterocycles. The van der Waals surface area contributed by atoms with Crippen LogP contribution in [0.4, 0.5) is 4.39 Å². The highest BCUT2D eigenvalue weighted by atomic mass is 19.1. The van der Waals surface area contributed by atoms with Gasteiger partial charge in [0.05, 0.1) is 5.92 Å². The summed E-state index contributed by atoms with van der Waals surface area (Å²) in [6.45, 7) is 3.72. The van der Waals surface area contributed by atoms with Crippen molar-refractivity contribution in [3.05, 3.63) is 0 Å². The molecule has 2 fully saturated rings. The van der Waals surface area contributed by atoms with Crippen LogP contribution in [0.3, 0.4) is 0 Å². The first-order chi connectivity index (χ1) is 11.5. The number of nitrogens with one attached hydrogen (secondary N) is 1. The first kappa shape index (κ1) is 18.6. The lowest BCUT2D eigenvalue weighted by molar-refractivity contribution is -0.152. The van der Waals surface area contributed by atoms with E-state index in [9.17, 15) is 18.8 Å². The highest BCUT2D eigenvalue weighted by molar-refractivity contribution is 5.92. The first-order valence-electron chi connectivity index (χ1n) is 8.68. The fourth-order valence-electron chi connectivity index (χ4n) is 3.31. The van der Waals surface area contributed by atoms with Gasteiger partial charge in [-0.3, -0.25) is 19.6 Å². The zero-order valence-electron chi connectivity index (χ0n) is 14.0. The molecular formula is C16H26FN3O4. The van der Waals surface area contributed by atoms with Crippen molar-refractivity contribution in [3.8, 4) is 0 Å². The van der Waals surface area contributed by atoms with Gasteiger partial charge in [0.15, 0.2) is 6.17 Å². The van der Waals surface area contributed by atoms with Crippen LogP contribution in [0.1, 0.15) is 45.4 Å². The van der Waals surface area contributed by atoms with E-state index in [1.54, 1.807) is 4.90 Å². The Morgan fingerprint density at radius 3 is 2.50 bits per heavy atom. The van der Waals surface area contributed by atoms with E-state index in [1.165, 1.54) is 10.4 Å². The molecule has 8 heteroatoms. The molecule has 0 saturated carbocycles. The molecular weight excluding hydrogens is 317 g/mol. The number of likely N-dealkylation sites (tertiary alicyclic amines) is 2. The third kappa shape index (κ3) is 3.85. The summed E-state index contributed by atoms with van der Waals surface area (Å²) in [5.74, 6) is -2.96. The molecule has 136 valence electrons. The number of alkyl halides is 1. The predicted molar refractivity (Wildman–Crippen MR) is 83.8 cm³/mol. The lowest BCUT2D eigenvalue weighted by Gasteiger charge is -2.36. The minimum atomic E-state index is -2.12. The second kappa shape index (κ2) is 8.41. The Bertz CT molecular complexity index is 484. The summed E-state index contributed by atoms with van der Waals surface area (Å²) < 4.78 is 14.3. The van der Waals surface area contributed by atoms with Gasteiger partial charge in [-0.05, 0) is 25.7 Å². The monoisotopic (exact) mass is 343 g/mol. The van der Waals surface area contributed by atoms with Gasteiger partial charge >= 0.3 is 0 Å². The Labute approximate surface area is 141 Å². The average Bonchev–Trinajstić information content (AvgIpc) is 3.01. The van der Waals surface area contributed by atoms with Crippen molar-refractivity contribution in [2.75, 3.05) is 19.6 Å². The molecule has 2 N–H and O–H groups in total. The smallest absolute Gasteiger partial charge is 0.278 e. The van der Waals surface area contributed by atoms with Gasteiger partial charge in [0.25, 0.3) is 5.91 Å². The maximum Gasteiger partial charge on any atom is 0.278 e. The van der Waals surface area contributed by atoms with E-state index < -0.39 is 29.9 Å². The summed E-state index contributed by atoms with van der Waals surface area (Å²) in [6.07, 6.45) is 1.68. The van der Waals surface area contributed by atoms with Crippen LogP contribution in [0.25, 0.3) is 0 Å². The standard InChI is InChI=1S/C16H26FN3O4/c1-2-3-6-11(13(17)14(21)18-24)15(22)20-10-4-7-12(20)16(23)19-8-5-9-19/h11-13,24H,2-10H2,1H3,(H,18,21)/t11?,12-,13?/m0/s1. The van der Waals surface area contributed by atoms with Gasteiger partial charge in [0, 0.05) is 19.6 Å².